The summed E-state index contributed by atoms with van der Waals surface area (Å²) in [5.41, 5.74) is 0. The Morgan fingerprint density at radius 2 is 1.85 bits per heavy atom. The second-order valence-electron chi connectivity index (χ2n) is 2.46. The van der Waals surface area contributed by atoms with E-state index >= 15 is 0 Å². The van der Waals surface area contributed by atoms with Crippen molar-refractivity contribution >= 4 is 11.8 Å². The maximum absolute atomic E-state index is 4.17. The number of aromatic nitrogens is 2. The summed E-state index contributed by atoms with van der Waals surface area (Å²) in [6, 6.07) is 10.1. The monoisotopic (exact) mass is 188 g/mol. The van der Waals surface area contributed by atoms with E-state index in [9.17, 15) is 0 Å². The molecule has 0 spiro atoms. The lowest BCUT2D eigenvalue weighted by Crippen LogP contribution is -1.79. The Bertz CT molecular complexity index is 324. The molecule has 0 aliphatic heterocycles. The van der Waals surface area contributed by atoms with Gasteiger partial charge in [0.1, 0.15) is 5.03 Å². The first-order chi connectivity index (χ1) is 6.45. The van der Waals surface area contributed by atoms with Crippen LogP contribution in [0.1, 0.15) is 0 Å². The van der Waals surface area contributed by atoms with Crippen LogP contribution in [0.25, 0.3) is 0 Å². The van der Waals surface area contributed by atoms with Crippen molar-refractivity contribution in [3.8, 4) is 0 Å². The van der Waals surface area contributed by atoms with Crippen molar-refractivity contribution in [1.82, 2.24) is 9.97 Å². The molecular formula is C10H8N2S. The van der Waals surface area contributed by atoms with Crippen molar-refractivity contribution in [3.63, 3.8) is 0 Å². The third-order valence-electron chi connectivity index (χ3n) is 1.51. The molecule has 0 unspecified atom stereocenters. The lowest BCUT2D eigenvalue weighted by molar-refractivity contribution is 1.05. The lowest BCUT2D eigenvalue weighted by Gasteiger charge is -1.97. The molecule has 2 rings (SSSR count). The van der Waals surface area contributed by atoms with Crippen LogP contribution in [0.5, 0.6) is 0 Å². The third-order valence-corrected chi connectivity index (χ3v) is 2.43. The van der Waals surface area contributed by atoms with Gasteiger partial charge >= 0.3 is 0 Å². The van der Waals surface area contributed by atoms with Crippen LogP contribution < -0.4 is 0 Å². The lowest BCUT2D eigenvalue weighted by atomic mass is 10.4. The zero-order chi connectivity index (χ0) is 8.93. The van der Waals surface area contributed by atoms with Crippen molar-refractivity contribution in [2.24, 2.45) is 0 Å². The Morgan fingerprint density at radius 3 is 2.54 bits per heavy atom. The first-order valence-electron chi connectivity index (χ1n) is 3.94. The van der Waals surface area contributed by atoms with Gasteiger partial charge in [-0.1, -0.05) is 30.0 Å². The summed E-state index contributed by atoms with van der Waals surface area (Å²) in [4.78, 5) is 9.36. The number of benzene rings is 1. The molecule has 0 atom stereocenters. The highest BCUT2D eigenvalue weighted by atomic mass is 32.2. The molecule has 1 heterocycles. The molecule has 0 aliphatic rings. The largest absolute Gasteiger partial charge is 0.260 e. The van der Waals surface area contributed by atoms with Gasteiger partial charge in [-0.2, -0.15) is 0 Å². The molecule has 0 fully saturated rings. The maximum atomic E-state index is 4.17. The van der Waals surface area contributed by atoms with Crippen LogP contribution in [-0.2, 0) is 0 Å². The molecule has 13 heavy (non-hydrogen) atoms. The highest BCUT2D eigenvalue weighted by Crippen LogP contribution is 2.23. The summed E-state index contributed by atoms with van der Waals surface area (Å²) in [5.74, 6) is 0. The minimum Gasteiger partial charge on any atom is -0.260 e. The first-order valence-corrected chi connectivity index (χ1v) is 4.76. The van der Waals surface area contributed by atoms with Crippen LogP contribution in [0.3, 0.4) is 0 Å². The summed E-state index contributed by atoms with van der Waals surface area (Å²) in [6.07, 6.45) is 5.14. The van der Waals surface area contributed by atoms with Crippen LogP contribution in [0, 0.1) is 0 Å². The Morgan fingerprint density at radius 1 is 1.00 bits per heavy atom. The van der Waals surface area contributed by atoms with Crippen molar-refractivity contribution in [2.45, 2.75) is 9.92 Å². The third kappa shape index (κ3) is 2.29. The van der Waals surface area contributed by atoms with Gasteiger partial charge in [0.05, 0.1) is 6.20 Å². The van der Waals surface area contributed by atoms with Crippen molar-refractivity contribution in [1.29, 1.82) is 0 Å². The molecule has 3 heteroatoms. The van der Waals surface area contributed by atoms with Gasteiger partial charge < -0.3 is 0 Å². The van der Waals surface area contributed by atoms with E-state index in [4.69, 9.17) is 0 Å². The van der Waals surface area contributed by atoms with Crippen LogP contribution >= 0.6 is 11.8 Å². The number of rotatable bonds is 2. The summed E-state index contributed by atoms with van der Waals surface area (Å²) in [6.45, 7) is 0. The van der Waals surface area contributed by atoms with Crippen LogP contribution in [0.2, 0.25) is 0 Å². The molecule has 0 amide bonds. The SMILES string of the molecule is c1ccc(Sc2cnccn2)cc1. The van der Waals surface area contributed by atoms with E-state index in [1.165, 1.54) is 4.90 Å². The molecule has 0 saturated heterocycles. The standard InChI is InChI=1S/C10H8N2S/c1-2-4-9(5-3-1)13-10-8-11-6-7-12-10/h1-8H. The topological polar surface area (TPSA) is 25.8 Å². The van der Waals surface area contributed by atoms with Gasteiger partial charge in [-0.15, -0.1) is 0 Å². The number of hydrogen-bond acceptors (Lipinski definition) is 3. The summed E-state index contributed by atoms with van der Waals surface area (Å²) >= 11 is 1.61. The van der Waals surface area contributed by atoms with Gasteiger partial charge in [0.25, 0.3) is 0 Å². The van der Waals surface area contributed by atoms with E-state index in [0.29, 0.717) is 0 Å². The molecule has 0 aliphatic carbocycles. The van der Waals surface area contributed by atoms with Crippen LogP contribution in [-0.4, -0.2) is 9.97 Å². The quantitative estimate of drug-likeness (QED) is 0.724. The Kier molecular flexibility index (Phi) is 2.57. The Balaban J connectivity index is 2.16. The molecule has 1 aromatic carbocycles. The molecule has 0 N–H and O–H groups in total. The van der Waals surface area contributed by atoms with E-state index in [2.05, 4.69) is 22.1 Å². The van der Waals surface area contributed by atoms with Crippen molar-refractivity contribution in [2.75, 3.05) is 0 Å². The minimum absolute atomic E-state index is 0.925. The van der Waals surface area contributed by atoms with Crippen LogP contribution in [0.4, 0.5) is 0 Å². The average molecular weight is 188 g/mol. The van der Waals surface area contributed by atoms with E-state index in [-0.39, 0.29) is 0 Å². The van der Waals surface area contributed by atoms with E-state index in [1.54, 1.807) is 30.4 Å². The zero-order valence-corrected chi connectivity index (χ0v) is 7.74. The van der Waals surface area contributed by atoms with Gasteiger partial charge in [-0.05, 0) is 12.1 Å². The average Bonchev–Trinajstić information content (AvgIpc) is 2.21. The highest BCUT2D eigenvalue weighted by molar-refractivity contribution is 7.99. The van der Waals surface area contributed by atoms with Gasteiger partial charge in [-0.3, -0.25) is 4.98 Å². The van der Waals surface area contributed by atoms with E-state index in [1.807, 2.05) is 18.2 Å². The van der Waals surface area contributed by atoms with E-state index < -0.39 is 0 Å². The molecule has 2 nitrogen and oxygen atoms in total. The fourth-order valence-corrected chi connectivity index (χ4v) is 1.71. The van der Waals surface area contributed by atoms with Gasteiger partial charge in [0.2, 0.25) is 0 Å². The molecule has 2 aromatic rings. The predicted molar refractivity (Wildman–Crippen MR) is 52.6 cm³/mol. The van der Waals surface area contributed by atoms with Crippen molar-refractivity contribution < 1.29 is 0 Å². The fraction of sp³-hybridized carbons (Fsp3) is 0. The van der Waals surface area contributed by atoms with Crippen molar-refractivity contribution in [3.05, 3.63) is 48.9 Å². The zero-order valence-electron chi connectivity index (χ0n) is 6.92. The smallest absolute Gasteiger partial charge is 0.119 e. The Labute approximate surface area is 81.1 Å². The summed E-state index contributed by atoms with van der Waals surface area (Å²) in [7, 11) is 0. The maximum Gasteiger partial charge on any atom is 0.119 e. The molecule has 1 aromatic heterocycles. The second-order valence-corrected chi connectivity index (χ2v) is 3.55. The summed E-state index contributed by atoms with van der Waals surface area (Å²) < 4.78 is 0. The molecule has 0 bridgehead atoms. The van der Waals surface area contributed by atoms with Gasteiger partial charge in [-0.25, -0.2) is 4.98 Å². The first kappa shape index (κ1) is 8.26. The van der Waals surface area contributed by atoms with Gasteiger partial charge in [0, 0.05) is 17.3 Å². The molecule has 0 radical (unpaired) electrons. The molecule has 0 saturated carbocycles. The minimum atomic E-state index is 0.925. The fourth-order valence-electron chi connectivity index (χ4n) is 0.947. The predicted octanol–water partition coefficient (Wildman–Crippen LogP) is 2.63. The normalized spacial score (nSPS) is 9.85. The Hall–Kier alpha value is -1.35. The van der Waals surface area contributed by atoms with Gasteiger partial charge in [0.15, 0.2) is 0 Å². The second kappa shape index (κ2) is 4.05. The van der Waals surface area contributed by atoms with E-state index in [0.717, 1.165) is 5.03 Å². The number of hydrogen-bond donors (Lipinski definition) is 0. The molecule has 64 valence electrons. The molecular weight excluding hydrogens is 180 g/mol. The number of nitrogens with zero attached hydrogens (tertiary/aromatic N) is 2. The van der Waals surface area contributed by atoms with Crippen LogP contribution in [0.15, 0.2) is 58.8 Å². The highest BCUT2D eigenvalue weighted by Gasteiger charge is 1.95. The summed E-state index contributed by atoms with van der Waals surface area (Å²) in [5, 5.41) is 0.925.